The van der Waals surface area contributed by atoms with Crippen molar-refractivity contribution in [2.24, 2.45) is 11.3 Å². The molecule has 1 aliphatic carbocycles. The van der Waals surface area contributed by atoms with Crippen LogP contribution in [0.5, 0.6) is 0 Å². The van der Waals surface area contributed by atoms with Crippen molar-refractivity contribution >= 4 is 15.0 Å². The molecule has 0 spiro atoms. The summed E-state index contributed by atoms with van der Waals surface area (Å²) in [6.07, 6.45) is 5.29. The molecule has 1 aliphatic rings. The van der Waals surface area contributed by atoms with E-state index in [1.54, 1.807) is 5.57 Å². The molecular formula is C19H24Se. The van der Waals surface area contributed by atoms with Crippen LogP contribution in [0.4, 0.5) is 0 Å². The van der Waals surface area contributed by atoms with Gasteiger partial charge in [0, 0.05) is 0 Å². The van der Waals surface area contributed by atoms with E-state index in [4.69, 9.17) is 0 Å². The zero-order valence-electron chi connectivity index (χ0n) is 12.8. The molecule has 0 amide bonds. The van der Waals surface area contributed by atoms with E-state index in [2.05, 4.69) is 48.6 Å². The Bertz CT molecular complexity index is 498. The van der Waals surface area contributed by atoms with Crippen molar-refractivity contribution in [3.05, 3.63) is 46.4 Å². The third-order valence-electron chi connectivity index (χ3n) is 4.11. The van der Waals surface area contributed by atoms with Gasteiger partial charge in [-0.25, -0.2) is 0 Å². The molecule has 0 saturated heterocycles. The summed E-state index contributed by atoms with van der Waals surface area (Å²) in [5.41, 5.74) is 3.25. The number of benzene rings is 1. The molecule has 1 heteroatoms. The number of allylic oxidation sites excluding steroid dienone is 1. The quantitative estimate of drug-likeness (QED) is 0.511. The van der Waals surface area contributed by atoms with Crippen molar-refractivity contribution in [2.45, 2.75) is 46.5 Å². The Morgan fingerprint density at radius 3 is 2.35 bits per heavy atom. The predicted molar refractivity (Wildman–Crippen MR) is 88.6 cm³/mol. The van der Waals surface area contributed by atoms with E-state index >= 15 is 0 Å². The maximum atomic E-state index is 3.33. The Hall–Kier alpha value is -0.961. The first-order valence-electron chi connectivity index (χ1n) is 7.45. The van der Waals surface area contributed by atoms with E-state index in [1.807, 2.05) is 18.2 Å². The molecule has 0 radical (unpaired) electrons. The van der Waals surface area contributed by atoms with Crippen LogP contribution in [-0.4, -0.2) is 15.0 Å². The van der Waals surface area contributed by atoms with Crippen LogP contribution in [0, 0.1) is 22.1 Å². The molecule has 106 valence electrons. The number of hydrogen-bond donors (Lipinski definition) is 0. The predicted octanol–water partition coefficient (Wildman–Crippen LogP) is 4.82. The molecule has 0 bridgehead atoms. The monoisotopic (exact) mass is 332 g/mol. The van der Waals surface area contributed by atoms with Crippen molar-refractivity contribution in [1.29, 1.82) is 0 Å². The van der Waals surface area contributed by atoms with Gasteiger partial charge in [0.05, 0.1) is 0 Å². The summed E-state index contributed by atoms with van der Waals surface area (Å²) < 4.78 is 0. The molecular weight excluding hydrogens is 307 g/mol. The van der Waals surface area contributed by atoms with Gasteiger partial charge in [-0.3, -0.25) is 0 Å². The third-order valence-corrected chi connectivity index (χ3v) is 5.51. The summed E-state index contributed by atoms with van der Waals surface area (Å²) in [5, 5.41) is 0. The van der Waals surface area contributed by atoms with Gasteiger partial charge in [0.15, 0.2) is 0 Å². The first-order chi connectivity index (χ1) is 9.55. The fraction of sp³-hybridized carbons (Fsp3) is 0.474. The first kappa shape index (κ1) is 15.4. The van der Waals surface area contributed by atoms with Crippen molar-refractivity contribution in [3.63, 3.8) is 0 Å². The van der Waals surface area contributed by atoms with Gasteiger partial charge in [0.2, 0.25) is 0 Å². The van der Waals surface area contributed by atoms with E-state index in [9.17, 15) is 0 Å². The summed E-state index contributed by atoms with van der Waals surface area (Å²) in [4.78, 5) is 5.75. The Morgan fingerprint density at radius 1 is 1.10 bits per heavy atom. The van der Waals surface area contributed by atoms with Crippen LogP contribution in [0.15, 0.2) is 40.9 Å². The SMILES string of the molecule is CC(C)(C)C1CCC(=C[Se]C#Cc2ccccc2)CC1. The minimum atomic E-state index is 0.333. The van der Waals surface area contributed by atoms with Crippen LogP contribution in [0.25, 0.3) is 0 Å². The van der Waals surface area contributed by atoms with E-state index in [0.717, 1.165) is 11.5 Å². The third kappa shape index (κ3) is 4.86. The first-order valence-corrected chi connectivity index (χ1v) is 9.30. The Labute approximate surface area is 130 Å². The van der Waals surface area contributed by atoms with Crippen molar-refractivity contribution in [1.82, 2.24) is 0 Å². The molecule has 20 heavy (non-hydrogen) atoms. The maximum absolute atomic E-state index is 3.33. The average Bonchev–Trinajstić information content (AvgIpc) is 2.44. The average molecular weight is 331 g/mol. The molecule has 0 nitrogen and oxygen atoms in total. The minimum absolute atomic E-state index is 0.333. The van der Waals surface area contributed by atoms with E-state index in [-0.39, 0.29) is 0 Å². The Balaban J connectivity index is 1.82. The second-order valence-electron chi connectivity index (χ2n) is 6.63. The zero-order chi connectivity index (χ0) is 14.4. The van der Waals surface area contributed by atoms with Crippen LogP contribution in [0.2, 0.25) is 0 Å². The fourth-order valence-electron chi connectivity index (χ4n) is 2.70. The van der Waals surface area contributed by atoms with Crippen molar-refractivity contribution in [2.75, 3.05) is 0 Å². The molecule has 1 aromatic rings. The van der Waals surface area contributed by atoms with Crippen LogP contribution >= 0.6 is 0 Å². The van der Waals surface area contributed by atoms with Crippen LogP contribution in [0.1, 0.15) is 52.0 Å². The Morgan fingerprint density at radius 2 is 1.75 bits per heavy atom. The van der Waals surface area contributed by atoms with Crippen LogP contribution in [0.3, 0.4) is 0 Å². The van der Waals surface area contributed by atoms with Gasteiger partial charge < -0.3 is 0 Å². The van der Waals surface area contributed by atoms with Gasteiger partial charge in [-0.2, -0.15) is 0 Å². The topological polar surface area (TPSA) is 0 Å². The fourth-order valence-corrected chi connectivity index (χ4v) is 4.03. The summed E-state index contributed by atoms with van der Waals surface area (Å²) in [7, 11) is 0. The molecule has 0 aromatic heterocycles. The standard InChI is InChI=1S/C19H24Se/c1-19(2,3)18-11-9-17(10-12-18)15-20-14-13-16-7-5-4-6-8-16/h4-8,15,18H,9-12H2,1-3H3. The molecule has 1 saturated carbocycles. The van der Waals surface area contributed by atoms with Gasteiger partial charge in [0.25, 0.3) is 0 Å². The van der Waals surface area contributed by atoms with Gasteiger partial charge >= 0.3 is 130 Å². The normalized spacial score (nSPS) is 19.1. The van der Waals surface area contributed by atoms with Gasteiger partial charge in [0.1, 0.15) is 0 Å². The molecule has 0 unspecified atom stereocenters. The van der Waals surface area contributed by atoms with Gasteiger partial charge in [-0.05, 0) is 0 Å². The zero-order valence-corrected chi connectivity index (χ0v) is 14.5. The number of hydrogen-bond acceptors (Lipinski definition) is 0. The van der Waals surface area contributed by atoms with Gasteiger partial charge in [-0.15, -0.1) is 0 Å². The van der Waals surface area contributed by atoms with Crippen LogP contribution in [-0.2, 0) is 0 Å². The molecule has 1 aromatic carbocycles. The van der Waals surface area contributed by atoms with E-state index in [1.165, 1.54) is 25.7 Å². The summed E-state index contributed by atoms with van der Waals surface area (Å²) in [6, 6.07) is 10.3. The molecule has 0 aliphatic heterocycles. The summed E-state index contributed by atoms with van der Waals surface area (Å²) >= 11 is 0.333. The van der Waals surface area contributed by atoms with Crippen molar-refractivity contribution in [3.8, 4) is 10.7 Å². The van der Waals surface area contributed by atoms with E-state index < -0.39 is 0 Å². The molecule has 0 heterocycles. The Kier molecular flexibility index (Phi) is 5.53. The van der Waals surface area contributed by atoms with Crippen LogP contribution < -0.4 is 0 Å². The molecule has 2 rings (SSSR count). The number of rotatable bonds is 1. The van der Waals surface area contributed by atoms with E-state index in [0.29, 0.717) is 20.4 Å². The second kappa shape index (κ2) is 7.16. The van der Waals surface area contributed by atoms with Gasteiger partial charge in [-0.1, -0.05) is 0 Å². The van der Waals surface area contributed by atoms with Crippen molar-refractivity contribution < 1.29 is 0 Å². The summed E-state index contributed by atoms with van der Waals surface area (Å²) in [5.74, 6) is 4.14. The summed E-state index contributed by atoms with van der Waals surface area (Å²) in [6.45, 7) is 7.13. The molecule has 0 atom stereocenters. The second-order valence-corrected chi connectivity index (χ2v) is 8.04. The molecule has 1 fully saturated rings. The molecule has 0 N–H and O–H groups in total.